The largest absolute Gasteiger partial charge is 0.322 e. The molecule has 1 N–H and O–H groups in total. The van der Waals surface area contributed by atoms with Crippen LogP contribution < -0.4 is 9.80 Å². The van der Waals surface area contributed by atoms with Crippen LogP contribution in [0.5, 0.6) is 0 Å². The fraction of sp³-hybridized carbons (Fsp3) is 0.316. The summed E-state index contributed by atoms with van der Waals surface area (Å²) in [5.74, 6) is 0.226. The van der Waals surface area contributed by atoms with Gasteiger partial charge in [-0.05, 0) is 25.5 Å². The van der Waals surface area contributed by atoms with Crippen molar-refractivity contribution in [1.29, 1.82) is 0 Å². The van der Waals surface area contributed by atoms with E-state index in [-0.39, 0.29) is 5.91 Å². The first-order valence-corrected chi connectivity index (χ1v) is 7.88. The Labute approximate surface area is 132 Å². The van der Waals surface area contributed by atoms with Gasteiger partial charge in [-0.3, -0.25) is 4.79 Å². The molecule has 0 spiro atoms. The molecule has 1 saturated heterocycles. The van der Waals surface area contributed by atoms with Crippen LogP contribution in [0.4, 0.5) is 5.69 Å². The Balaban J connectivity index is 1.69. The molecule has 1 amide bonds. The fourth-order valence-electron chi connectivity index (χ4n) is 3.19. The highest BCUT2D eigenvalue weighted by Gasteiger charge is 2.28. The molecule has 1 aliphatic rings. The lowest BCUT2D eigenvalue weighted by atomic mass is 10.1. The Morgan fingerprint density at radius 3 is 2.55 bits per heavy atom. The number of rotatable bonds is 3. The number of benzene rings is 2. The number of nitrogens with one attached hydrogen (secondary N) is 1. The van der Waals surface area contributed by atoms with Crippen LogP contribution in [0.3, 0.4) is 0 Å². The molecule has 2 aromatic rings. The quantitative estimate of drug-likeness (QED) is 0.916. The van der Waals surface area contributed by atoms with Crippen LogP contribution in [0.15, 0.2) is 48.5 Å². The highest BCUT2D eigenvalue weighted by Crippen LogP contribution is 2.21. The van der Waals surface area contributed by atoms with Crippen molar-refractivity contribution in [1.82, 2.24) is 0 Å². The van der Waals surface area contributed by atoms with E-state index in [2.05, 4.69) is 56.3 Å². The molecule has 3 heteroatoms. The number of piperazine rings is 1. The van der Waals surface area contributed by atoms with E-state index in [9.17, 15) is 4.79 Å². The SMILES string of the molecule is Cc1ccc(N2CC[NH+](Cc3ccccc3)CC2=O)c(C)c1. The molecule has 0 bridgehead atoms. The number of aryl methyl sites for hydroxylation is 2. The molecule has 1 fully saturated rings. The van der Waals surface area contributed by atoms with Crippen LogP contribution in [-0.2, 0) is 11.3 Å². The summed E-state index contributed by atoms with van der Waals surface area (Å²) in [6, 6.07) is 16.7. The van der Waals surface area contributed by atoms with Crippen molar-refractivity contribution in [2.75, 3.05) is 24.5 Å². The number of nitrogens with zero attached hydrogens (tertiary/aromatic N) is 1. The zero-order valence-corrected chi connectivity index (χ0v) is 13.3. The van der Waals surface area contributed by atoms with Crippen LogP contribution in [0.1, 0.15) is 16.7 Å². The van der Waals surface area contributed by atoms with Crippen LogP contribution in [0, 0.1) is 13.8 Å². The number of carbonyl (C=O) groups is 1. The van der Waals surface area contributed by atoms with Gasteiger partial charge in [-0.15, -0.1) is 0 Å². The first-order chi connectivity index (χ1) is 10.6. The van der Waals surface area contributed by atoms with E-state index in [0.717, 1.165) is 25.3 Å². The van der Waals surface area contributed by atoms with Crippen LogP contribution in [0.25, 0.3) is 0 Å². The van der Waals surface area contributed by atoms with E-state index in [4.69, 9.17) is 0 Å². The average Bonchev–Trinajstić information content (AvgIpc) is 2.49. The summed E-state index contributed by atoms with van der Waals surface area (Å²) in [4.78, 5) is 15.8. The molecule has 1 aliphatic heterocycles. The highest BCUT2D eigenvalue weighted by atomic mass is 16.2. The van der Waals surface area contributed by atoms with E-state index >= 15 is 0 Å². The molecule has 1 unspecified atom stereocenters. The van der Waals surface area contributed by atoms with Gasteiger partial charge in [0, 0.05) is 11.3 Å². The minimum atomic E-state index is 0.226. The molecule has 22 heavy (non-hydrogen) atoms. The minimum absolute atomic E-state index is 0.226. The molecule has 1 atom stereocenters. The standard InChI is InChI=1S/C19H22N2O/c1-15-8-9-18(16(2)12-15)21-11-10-20(14-19(21)22)13-17-6-4-3-5-7-17/h3-9,12H,10-11,13-14H2,1-2H3/p+1. The summed E-state index contributed by atoms with van der Waals surface area (Å²) in [7, 11) is 0. The second kappa shape index (κ2) is 6.32. The van der Waals surface area contributed by atoms with Crippen LogP contribution in [-0.4, -0.2) is 25.5 Å². The molecule has 3 rings (SSSR count). The van der Waals surface area contributed by atoms with E-state index in [1.165, 1.54) is 21.6 Å². The van der Waals surface area contributed by atoms with Gasteiger partial charge in [0.2, 0.25) is 0 Å². The number of carbonyl (C=O) groups excluding carboxylic acids is 1. The topological polar surface area (TPSA) is 24.8 Å². The van der Waals surface area contributed by atoms with Gasteiger partial charge in [-0.1, -0.05) is 48.0 Å². The number of amides is 1. The van der Waals surface area contributed by atoms with Crippen LogP contribution >= 0.6 is 0 Å². The van der Waals surface area contributed by atoms with E-state index in [0.29, 0.717) is 6.54 Å². The lowest BCUT2D eigenvalue weighted by Gasteiger charge is -2.32. The maximum Gasteiger partial charge on any atom is 0.282 e. The zero-order chi connectivity index (χ0) is 15.5. The smallest absolute Gasteiger partial charge is 0.282 e. The third kappa shape index (κ3) is 3.20. The first-order valence-electron chi connectivity index (χ1n) is 7.88. The monoisotopic (exact) mass is 295 g/mol. The van der Waals surface area contributed by atoms with Gasteiger partial charge in [0.15, 0.2) is 6.54 Å². The molecule has 2 aromatic carbocycles. The number of hydrogen-bond acceptors (Lipinski definition) is 1. The van der Waals surface area contributed by atoms with Gasteiger partial charge in [0.05, 0.1) is 13.1 Å². The average molecular weight is 295 g/mol. The first kappa shape index (κ1) is 14.8. The van der Waals surface area contributed by atoms with Crippen molar-refractivity contribution in [3.8, 4) is 0 Å². The third-order valence-electron chi connectivity index (χ3n) is 4.33. The van der Waals surface area contributed by atoms with Gasteiger partial charge in [-0.25, -0.2) is 0 Å². The van der Waals surface area contributed by atoms with E-state index < -0.39 is 0 Å². The van der Waals surface area contributed by atoms with Crippen LogP contribution in [0.2, 0.25) is 0 Å². The lowest BCUT2D eigenvalue weighted by molar-refractivity contribution is -0.906. The van der Waals surface area contributed by atoms with Gasteiger partial charge in [0.1, 0.15) is 6.54 Å². The predicted octanol–water partition coefficient (Wildman–Crippen LogP) is 1.74. The fourth-order valence-corrected chi connectivity index (χ4v) is 3.19. The van der Waals surface area contributed by atoms with Crippen molar-refractivity contribution in [2.45, 2.75) is 20.4 Å². The van der Waals surface area contributed by atoms with Crippen molar-refractivity contribution >= 4 is 11.6 Å². The normalized spacial score (nSPS) is 18.5. The maximum atomic E-state index is 12.5. The molecule has 0 aliphatic carbocycles. The molecule has 114 valence electrons. The minimum Gasteiger partial charge on any atom is -0.322 e. The second-order valence-corrected chi connectivity index (χ2v) is 6.17. The summed E-state index contributed by atoms with van der Waals surface area (Å²) in [5.41, 5.74) is 4.78. The van der Waals surface area contributed by atoms with Gasteiger partial charge < -0.3 is 9.80 Å². The Morgan fingerprint density at radius 2 is 1.86 bits per heavy atom. The predicted molar refractivity (Wildman–Crippen MR) is 89.1 cm³/mol. The molecule has 0 radical (unpaired) electrons. The highest BCUT2D eigenvalue weighted by molar-refractivity contribution is 5.95. The Kier molecular flexibility index (Phi) is 4.25. The Morgan fingerprint density at radius 1 is 1.09 bits per heavy atom. The van der Waals surface area contributed by atoms with E-state index in [1.807, 2.05) is 11.0 Å². The molecular weight excluding hydrogens is 272 g/mol. The molecular formula is C19H23N2O+. The van der Waals surface area contributed by atoms with Gasteiger partial charge in [-0.2, -0.15) is 0 Å². The maximum absolute atomic E-state index is 12.5. The summed E-state index contributed by atoms with van der Waals surface area (Å²) >= 11 is 0. The van der Waals surface area contributed by atoms with E-state index in [1.54, 1.807) is 0 Å². The molecule has 0 aromatic heterocycles. The van der Waals surface area contributed by atoms with Crippen molar-refractivity contribution in [2.24, 2.45) is 0 Å². The van der Waals surface area contributed by atoms with Crippen molar-refractivity contribution in [3.05, 3.63) is 65.2 Å². The van der Waals surface area contributed by atoms with Crippen molar-refractivity contribution in [3.63, 3.8) is 0 Å². The summed E-state index contributed by atoms with van der Waals surface area (Å²) in [5, 5.41) is 0. The molecule has 0 saturated carbocycles. The molecule has 1 heterocycles. The lowest BCUT2D eigenvalue weighted by Crippen LogP contribution is -3.14. The Hall–Kier alpha value is -2.13. The number of hydrogen-bond donors (Lipinski definition) is 1. The van der Waals surface area contributed by atoms with Gasteiger partial charge in [0.25, 0.3) is 5.91 Å². The van der Waals surface area contributed by atoms with Crippen molar-refractivity contribution < 1.29 is 9.69 Å². The summed E-state index contributed by atoms with van der Waals surface area (Å²) in [6.07, 6.45) is 0. The summed E-state index contributed by atoms with van der Waals surface area (Å²) in [6.45, 7) is 7.45. The number of quaternary nitrogens is 1. The number of anilines is 1. The Bertz CT molecular complexity index is 666. The zero-order valence-electron chi connectivity index (χ0n) is 13.3. The summed E-state index contributed by atoms with van der Waals surface area (Å²) < 4.78 is 0. The second-order valence-electron chi connectivity index (χ2n) is 6.17. The third-order valence-corrected chi connectivity index (χ3v) is 4.33. The van der Waals surface area contributed by atoms with Gasteiger partial charge >= 0.3 is 0 Å². The molecule has 3 nitrogen and oxygen atoms in total.